The maximum Gasteiger partial charge on any atom is 0.274 e. The van der Waals surface area contributed by atoms with Crippen molar-refractivity contribution in [2.45, 2.75) is 25.4 Å². The van der Waals surface area contributed by atoms with Gasteiger partial charge in [-0.15, -0.1) is 0 Å². The molecule has 1 fully saturated rings. The number of piperidine rings is 1. The van der Waals surface area contributed by atoms with Crippen LogP contribution in [0.3, 0.4) is 0 Å². The maximum atomic E-state index is 12.8. The highest BCUT2D eigenvalue weighted by Gasteiger charge is 2.20. The fraction of sp³-hybridized carbons (Fsp3) is 0.214. The van der Waals surface area contributed by atoms with Crippen molar-refractivity contribution in [2.24, 2.45) is 0 Å². The van der Waals surface area contributed by atoms with E-state index in [0.29, 0.717) is 17.8 Å². The minimum atomic E-state index is -0.325. The molecule has 4 aromatic rings. The molecule has 36 heavy (non-hydrogen) atoms. The second-order valence-corrected chi connectivity index (χ2v) is 8.95. The van der Waals surface area contributed by atoms with Crippen LogP contribution >= 0.6 is 0 Å². The van der Waals surface area contributed by atoms with Crippen LogP contribution in [0.4, 0.5) is 5.82 Å². The van der Waals surface area contributed by atoms with Crippen molar-refractivity contribution >= 4 is 28.4 Å². The van der Waals surface area contributed by atoms with E-state index in [2.05, 4.69) is 25.9 Å². The summed E-state index contributed by atoms with van der Waals surface area (Å²) < 4.78 is 0. The third-order valence-corrected chi connectivity index (χ3v) is 6.34. The van der Waals surface area contributed by atoms with Gasteiger partial charge in [0.05, 0.1) is 11.9 Å². The summed E-state index contributed by atoms with van der Waals surface area (Å²) in [6.45, 7) is 2.04. The monoisotopic (exact) mass is 480 g/mol. The Labute approximate surface area is 209 Å². The molecule has 0 bridgehead atoms. The molecule has 1 aromatic heterocycles. The predicted molar refractivity (Wildman–Crippen MR) is 140 cm³/mol. The number of nitrogen functional groups attached to an aromatic ring is 1. The minimum Gasteiger partial charge on any atom is -0.382 e. The summed E-state index contributed by atoms with van der Waals surface area (Å²) in [7, 11) is 0. The van der Waals surface area contributed by atoms with E-state index in [9.17, 15) is 9.59 Å². The Kier molecular flexibility index (Phi) is 6.86. The van der Waals surface area contributed by atoms with E-state index in [-0.39, 0.29) is 29.4 Å². The summed E-state index contributed by atoms with van der Waals surface area (Å²) in [5, 5.41) is 11.4. The third kappa shape index (κ3) is 5.34. The Hall–Kier alpha value is -4.30. The summed E-state index contributed by atoms with van der Waals surface area (Å²) in [5.41, 5.74) is 8.93. The van der Waals surface area contributed by atoms with Crippen LogP contribution < -0.4 is 21.7 Å². The molecule has 8 nitrogen and oxygen atoms in total. The first-order chi connectivity index (χ1) is 17.6. The largest absolute Gasteiger partial charge is 0.382 e. The van der Waals surface area contributed by atoms with Crippen molar-refractivity contribution in [3.8, 4) is 11.3 Å². The lowest BCUT2D eigenvalue weighted by Gasteiger charge is -2.23. The standard InChI is InChI=1S/C28H28N6O2/c29-26-25(28(36)33-23-9-4-12-30-16-23)34-24(17-31-26)21-8-3-5-18(13-21)15-32-27(35)22-11-10-19-6-1-2-7-20(19)14-22/h1-3,5-8,10-11,13-14,17,23,30H,4,9,12,15-16H2,(H2,29,31)(H,32,35)(H,33,36)/t23-/m0/s1. The number of benzene rings is 3. The van der Waals surface area contributed by atoms with Crippen LogP contribution in [0, 0.1) is 0 Å². The minimum absolute atomic E-state index is 0.0469. The van der Waals surface area contributed by atoms with Crippen LogP contribution in [0.15, 0.2) is 72.9 Å². The zero-order valence-corrected chi connectivity index (χ0v) is 19.8. The van der Waals surface area contributed by atoms with Gasteiger partial charge in [0, 0.05) is 30.3 Å². The van der Waals surface area contributed by atoms with Gasteiger partial charge >= 0.3 is 0 Å². The molecule has 0 radical (unpaired) electrons. The molecule has 0 saturated carbocycles. The number of hydrogen-bond acceptors (Lipinski definition) is 6. The van der Waals surface area contributed by atoms with E-state index in [0.717, 1.165) is 47.8 Å². The van der Waals surface area contributed by atoms with Crippen LogP contribution in [0.25, 0.3) is 22.0 Å². The quantitative estimate of drug-likeness (QED) is 0.336. The normalized spacial score (nSPS) is 15.4. The van der Waals surface area contributed by atoms with Gasteiger partial charge in [-0.05, 0) is 53.9 Å². The number of fused-ring (bicyclic) bond motifs is 1. The summed E-state index contributed by atoms with van der Waals surface area (Å²) in [6, 6.07) is 21.3. The highest BCUT2D eigenvalue weighted by atomic mass is 16.2. The Bertz CT molecular complexity index is 1410. The van der Waals surface area contributed by atoms with Crippen LogP contribution in [0.2, 0.25) is 0 Å². The van der Waals surface area contributed by atoms with Crippen molar-refractivity contribution in [3.63, 3.8) is 0 Å². The number of carbonyl (C=O) groups is 2. The van der Waals surface area contributed by atoms with Crippen LogP contribution in [-0.4, -0.2) is 40.9 Å². The van der Waals surface area contributed by atoms with E-state index in [1.807, 2.05) is 66.7 Å². The van der Waals surface area contributed by atoms with Crippen molar-refractivity contribution < 1.29 is 9.59 Å². The number of aromatic nitrogens is 2. The number of amides is 2. The average molecular weight is 481 g/mol. The van der Waals surface area contributed by atoms with E-state index >= 15 is 0 Å². The third-order valence-electron chi connectivity index (χ3n) is 6.34. The summed E-state index contributed by atoms with van der Waals surface area (Å²) >= 11 is 0. The number of nitrogens with zero attached hydrogens (tertiary/aromatic N) is 2. The Morgan fingerprint density at radius 1 is 1.00 bits per heavy atom. The lowest BCUT2D eigenvalue weighted by atomic mass is 10.1. The van der Waals surface area contributed by atoms with Crippen molar-refractivity contribution in [1.29, 1.82) is 0 Å². The van der Waals surface area contributed by atoms with Gasteiger partial charge in [-0.2, -0.15) is 0 Å². The van der Waals surface area contributed by atoms with E-state index in [4.69, 9.17) is 5.73 Å². The fourth-order valence-corrected chi connectivity index (χ4v) is 4.39. The first-order valence-corrected chi connectivity index (χ1v) is 12.1. The maximum absolute atomic E-state index is 12.8. The van der Waals surface area contributed by atoms with Gasteiger partial charge < -0.3 is 21.7 Å². The molecular weight excluding hydrogens is 452 g/mol. The van der Waals surface area contributed by atoms with E-state index in [1.54, 1.807) is 6.20 Å². The molecule has 1 atom stereocenters. The molecule has 0 spiro atoms. The molecule has 2 heterocycles. The second kappa shape index (κ2) is 10.5. The molecule has 1 aliphatic rings. The fourth-order valence-electron chi connectivity index (χ4n) is 4.39. The molecule has 8 heteroatoms. The van der Waals surface area contributed by atoms with E-state index in [1.165, 1.54) is 0 Å². The predicted octanol–water partition coefficient (Wildman–Crippen LogP) is 3.29. The highest BCUT2D eigenvalue weighted by Crippen LogP contribution is 2.21. The van der Waals surface area contributed by atoms with E-state index < -0.39 is 0 Å². The Morgan fingerprint density at radius 3 is 2.69 bits per heavy atom. The first kappa shape index (κ1) is 23.4. The molecule has 182 valence electrons. The first-order valence-electron chi connectivity index (χ1n) is 12.1. The zero-order valence-electron chi connectivity index (χ0n) is 19.8. The van der Waals surface area contributed by atoms with Crippen LogP contribution in [-0.2, 0) is 6.54 Å². The molecule has 0 unspecified atom stereocenters. The zero-order chi connectivity index (χ0) is 24.9. The van der Waals surface area contributed by atoms with Gasteiger partial charge in [0.15, 0.2) is 11.5 Å². The van der Waals surface area contributed by atoms with Crippen molar-refractivity contribution in [3.05, 3.63) is 89.7 Å². The van der Waals surface area contributed by atoms with Crippen LogP contribution in [0.1, 0.15) is 39.3 Å². The lowest BCUT2D eigenvalue weighted by Crippen LogP contribution is -2.46. The van der Waals surface area contributed by atoms with Gasteiger partial charge in [-0.25, -0.2) is 9.97 Å². The Morgan fingerprint density at radius 2 is 1.86 bits per heavy atom. The molecule has 5 N–H and O–H groups in total. The highest BCUT2D eigenvalue weighted by molar-refractivity contribution is 5.98. The number of carbonyl (C=O) groups excluding carboxylic acids is 2. The average Bonchev–Trinajstić information content (AvgIpc) is 2.92. The molecule has 1 aliphatic heterocycles. The molecule has 5 rings (SSSR count). The molecule has 1 saturated heterocycles. The molecular formula is C28H28N6O2. The molecule has 0 aliphatic carbocycles. The van der Waals surface area contributed by atoms with Crippen molar-refractivity contribution in [1.82, 2.24) is 25.9 Å². The molecule has 3 aromatic carbocycles. The number of anilines is 1. The van der Waals surface area contributed by atoms with Gasteiger partial charge in [0.1, 0.15) is 0 Å². The van der Waals surface area contributed by atoms with Gasteiger partial charge in [-0.3, -0.25) is 9.59 Å². The SMILES string of the molecule is Nc1ncc(-c2cccc(CNC(=O)c3ccc4ccccc4c3)c2)nc1C(=O)N[C@H]1CCCNC1. The van der Waals surface area contributed by atoms with Gasteiger partial charge in [0.25, 0.3) is 11.8 Å². The smallest absolute Gasteiger partial charge is 0.274 e. The molecule has 2 amide bonds. The lowest BCUT2D eigenvalue weighted by molar-refractivity contribution is 0.0924. The Balaban J connectivity index is 1.28. The summed E-state index contributed by atoms with van der Waals surface area (Å²) in [6.07, 6.45) is 3.48. The number of rotatable bonds is 6. The topological polar surface area (TPSA) is 122 Å². The number of nitrogens with one attached hydrogen (secondary N) is 3. The van der Waals surface area contributed by atoms with Gasteiger partial charge in [0.2, 0.25) is 0 Å². The summed E-state index contributed by atoms with van der Waals surface area (Å²) in [5.74, 6) is -0.372. The van der Waals surface area contributed by atoms with Crippen molar-refractivity contribution in [2.75, 3.05) is 18.8 Å². The number of nitrogens with two attached hydrogens (primary N) is 1. The number of hydrogen-bond donors (Lipinski definition) is 4. The second-order valence-electron chi connectivity index (χ2n) is 8.95. The van der Waals surface area contributed by atoms with Crippen LogP contribution in [0.5, 0.6) is 0 Å². The summed E-state index contributed by atoms with van der Waals surface area (Å²) in [4.78, 5) is 34.3. The van der Waals surface area contributed by atoms with Gasteiger partial charge in [-0.1, -0.05) is 48.5 Å².